The molecule has 0 aliphatic heterocycles. The number of aliphatic hydroxyl groups excluding tert-OH is 1. The molecule has 5 heteroatoms. The maximum atomic E-state index is 13.7. The number of hydrogen-bond acceptors (Lipinski definition) is 2. The minimum Gasteiger partial charge on any atom is -0.479 e. The van der Waals surface area contributed by atoms with Gasteiger partial charge in [0.25, 0.3) is 0 Å². The van der Waals surface area contributed by atoms with E-state index < -0.39 is 29.1 Å². The number of benzene rings is 1. The molecule has 0 spiro atoms. The molecular formula is C12H12F2O3. The van der Waals surface area contributed by atoms with Crippen LogP contribution in [0.2, 0.25) is 0 Å². The zero-order chi connectivity index (χ0) is 12.8. The highest BCUT2D eigenvalue weighted by Gasteiger charge is 2.56. The topological polar surface area (TPSA) is 57.5 Å². The van der Waals surface area contributed by atoms with Gasteiger partial charge in [-0.15, -0.1) is 0 Å². The summed E-state index contributed by atoms with van der Waals surface area (Å²) in [7, 11) is 0. The first-order chi connectivity index (χ1) is 7.88. The number of aryl methyl sites for hydroxylation is 1. The van der Waals surface area contributed by atoms with E-state index in [0.29, 0.717) is 5.56 Å². The van der Waals surface area contributed by atoms with Crippen molar-refractivity contribution in [2.75, 3.05) is 0 Å². The van der Waals surface area contributed by atoms with Gasteiger partial charge in [0.15, 0.2) is 6.10 Å². The van der Waals surface area contributed by atoms with E-state index in [4.69, 9.17) is 5.11 Å². The number of carboxylic acids is 1. The lowest BCUT2D eigenvalue weighted by atomic mass is 9.88. The molecule has 1 unspecified atom stereocenters. The molecule has 0 bridgehead atoms. The highest BCUT2D eigenvalue weighted by Crippen LogP contribution is 2.52. The van der Waals surface area contributed by atoms with Crippen LogP contribution in [-0.2, 0) is 10.2 Å². The minimum atomic E-state index is -1.77. The summed E-state index contributed by atoms with van der Waals surface area (Å²) < 4.78 is 27.5. The molecule has 2 rings (SSSR count). The average Bonchev–Trinajstić information content (AvgIpc) is 2.96. The summed E-state index contributed by atoms with van der Waals surface area (Å²) in [4.78, 5) is 10.8. The molecule has 2 N–H and O–H groups in total. The van der Waals surface area contributed by atoms with Crippen LogP contribution in [0, 0.1) is 18.6 Å². The molecule has 3 nitrogen and oxygen atoms in total. The Morgan fingerprint density at radius 1 is 1.35 bits per heavy atom. The Hall–Kier alpha value is -1.49. The average molecular weight is 242 g/mol. The third-order valence-electron chi connectivity index (χ3n) is 3.23. The van der Waals surface area contributed by atoms with E-state index >= 15 is 0 Å². The summed E-state index contributed by atoms with van der Waals surface area (Å²) in [5, 5.41) is 18.3. The Bertz CT molecular complexity index is 458. The Kier molecular flexibility index (Phi) is 2.66. The Morgan fingerprint density at radius 2 is 1.82 bits per heavy atom. The molecule has 0 heterocycles. The second-order valence-corrected chi connectivity index (χ2v) is 4.50. The number of halogens is 2. The fourth-order valence-electron chi connectivity index (χ4n) is 2.21. The number of hydrogen-bond donors (Lipinski definition) is 2. The Labute approximate surface area is 96.7 Å². The zero-order valence-corrected chi connectivity index (χ0v) is 9.20. The van der Waals surface area contributed by atoms with Crippen LogP contribution in [-0.4, -0.2) is 22.3 Å². The summed E-state index contributed by atoms with van der Waals surface area (Å²) in [6, 6.07) is 2.29. The number of carboxylic acid groups (broad SMARTS) is 1. The molecule has 17 heavy (non-hydrogen) atoms. The Balaban J connectivity index is 2.51. The summed E-state index contributed by atoms with van der Waals surface area (Å²) in [6.45, 7) is 1.54. The van der Waals surface area contributed by atoms with Gasteiger partial charge in [-0.1, -0.05) is 0 Å². The highest BCUT2D eigenvalue weighted by atomic mass is 19.1. The van der Waals surface area contributed by atoms with Crippen LogP contribution in [0.15, 0.2) is 12.1 Å². The molecule has 1 aromatic carbocycles. The summed E-state index contributed by atoms with van der Waals surface area (Å²) in [5.74, 6) is -3.04. The number of aliphatic hydroxyl groups is 1. The van der Waals surface area contributed by atoms with Crippen molar-refractivity contribution in [1.82, 2.24) is 0 Å². The van der Waals surface area contributed by atoms with Gasteiger partial charge in [0, 0.05) is 11.0 Å². The molecule has 1 aliphatic rings. The quantitative estimate of drug-likeness (QED) is 0.849. The summed E-state index contributed by atoms with van der Waals surface area (Å²) >= 11 is 0. The van der Waals surface area contributed by atoms with Gasteiger partial charge in [0.05, 0.1) is 0 Å². The molecule has 1 fully saturated rings. The summed E-state index contributed by atoms with van der Waals surface area (Å²) in [5.41, 5.74) is -1.18. The van der Waals surface area contributed by atoms with E-state index in [0.717, 1.165) is 12.1 Å². The van der Waals surface area contributed by atoms with Crippen LogP contribution < -0.4 is 0 Å². The van der Waals surface area contributed by atoms with E-state index in [1.807, 2.05) is 0 Å². The SMILES string of the molecule is Cc1cc(F)c(C2(C(O)C(=O)O)CC2)c(F)c1. The standard InChI is InChI=1S/C12H12F2O3/c1-6-4-7(13)9(8(14)5-6)12(2-3-12)10(15)11(16)17/h4-5,10,15H,2-3H2,1H3,(H,16,17). The molecule has 1 atom stereocenters. The molecule has 1 saturated carbocycles. The van der Waals surface area contributed by atoms with Crippen molar-refractivity contribution < 1.29 is 23.8 Å². The lowest BCUT2D eigenvalue weighted by Crippen LogP contribution is -2.35. The predicted molar refractivity (Wildman–Crippen MR) is 55.6 cm³/mol. The van der Waals surface area contributed by atoms with Crippen molar-refractivity contribution in [2.45, 2.75) is 31.3 Å². The third kappa shape index (κ3) is 1.80. The second kappa shape index (κ2) is 3.77. The monoisotopic (exact) mass is 242 g/mol. The normalized spacial score (nSPS) is 18.8. The van der Waals surface area contributed by atoms with Gasteiger partial charge in [0.2, 0.25) is 0 Å². The number of rotatable bonds is 3. The van der Waals surface area contributed by atoms with Gasteiger partial charge in [-0.05, 0) is 37.5 Å². The van der Waals surface area contributed by atoms with Gasteiger partial charge in [-0.3, -0.25) is 0 Å². The fraction of sp³-hybridized carbons (Fsp3) is 0.417. The van der Waals surface area contributed by atoms with E-state index in [1.165, 1.54) is 0 Å². The van der Waals surface area contributed by atoms with Crippen LogP contribution in [0.3, 0.4) is 0 Å². The summed E-state index contributed by atoms with van der Waals surface area (Å²) in [6.07, 6.45) is -1.22. The largest absolute Gasteiger partial charge is 0.479 e. The van der Waals surface area contributed by atoms with Crippen molar-refractivity contribution >= 4 is 5.97 Å². The molecule has 92 valence electrons. The van der Waals surface area contributed by atoms with E-state index in [9.17, 15) is 18.7 Å². The van der Waals surface area contributed by atoms with Crippen LogP contribution in [0.5, 0.6) is 0 Å². The maximum Gasteiger partial charge on any atom is 0.333 e. The highest BCUT2D eigenvalue weighted by molar-refractivity contribution is 5.75. The van der Waals surface area contributed by atoms with Gasteiger partial charge in [0.1, 0.15) is 11.6 Å². The third-order valence-corrected chi connectivity index (χ3v) is 3.23. The van der Waals surface area contributed by atoms with Crippen molar-refractivity contribution in [2.24, 2.45) is 0 Å². The van der Waals surface area contributed by atoms with Crippen molar-refractivity contribution in [3.05, 3.63) is 34.9 Å². The first-order valence-corrected chi connectivity index (χ1v) is 5.25. The van der Waals surface area contributed by atoms with Gasteiger partial charge in [-0.2, -0.15) is 0 Å². The number of carbonyl (C=O) groups is 1. The molecule has 0 amide bonds. The van der Waals surface area contributed by atoms with E-state index in [2.05, 4.69) is 0 Å². The predicted octanol–water partition coefficient (Wildman–Crippen LogP) is 1.75. The van der Waals surface area contributed by atoms with Gasteiger partial charge < -0.3 is 10.2 Å². The number of aliphatic carboxylic acids is 1. The first kappa shape index (κ1) is 12.0. The molecule has 1 aliphatic carbocycles. The molecule has 0 saturated heterocycles. The molecular weight excluding hydrogens is 230 g/mol. The smallest absolute Gasteiger partial charge is 0.333 e. The Morgan fingerprint density at radius 3 is 2.18 bits per heavy atom. The zero-order valence-electron chi connectivity index (χ0n) is 9.20. The first-order valence-electron chi connectivity index (χ1n) is 5.25. The molecule has 0 radical (unpaired) electrons. The molecule has 1 aromatic rings. The molecule has 0 aromatic heterocycles. The lowest BCUT2D eigenvalue weighted by molar-refractivity contribution is -0.148. The fourth-order valence-corrected chi connectivity index (χ4v) is 2.21. The van der Waals surface area contributed by atoms with Crippen LogP contribution in [0.4, 0.5) is 8.78 Å². The maximum absolute atomic E-state index is 13.7. The van der Waals surface area contributed by atoms with E-state index in [-0.39, 0.29) is 18.4 Å². The lowest BCUT2D eigenvalue weighted by Gasteiger charge is -2.20. The minimum absolute atomic E-state index is 0.275. The van der Waals surface area contributed by atoms with Crippen molar-refractivity contribution in [3.8, 4) is 0 Å². The second-order valence-electron chi connectivity index (χ2n) is 4.50. The van der Waals surface area contributed by atoms with Crippen molar-refractivity contribution in [3.63, 3.8) is 0 Å². The van der Waals surface area contributed by atoms with E-state index in [1.54, 1.807) is 6.92 Å². The van der Waals surface area contributed by atoms with Gasteiger partial charge in [-0.25, -0.2) is 13.6 Å². The van der Waals surface area contributed by atoms with Crippen LogP contribution in [0.1, 0.15) is 24.0 Å². The van der Waals surface area contributed by atoms with Gasteiger partial charge >= 0.3 is 5.97 Å². The van der Waals surface area contributed by atoms with Crippen molar-refractivity contribution in [1.29, 1.82) is 0 Å². The van der Waals surface area contributed by atoms with Crippen LogP contribution in [0.25, 0.3) is 0 Å². The van der Waals surface area contributed by atoms with Crippen LogP contribution >= 0.6 is 0 Å².